The molecule has 3 aromatic rings. The number of hydrogen-bond donors (Lipinski definition) is 2. The number of nitrogens with zero attached hydrogens (tertiary/aromatic N) is 1. The molecular formula is C27H30N3O3+. The van der Waals surface area contributed by atoms with Gasteiger partial charge in [0.2, 0.25) is 0 Å². The molecule has 6 nitrogen and oxygen atoms in total. The van der Waals surface area contributed by atoms with Gasteiger partial charge in [0.25, 0.3) is 0 Å². The number of ketones is 1. The zero-order valence-electron chi connectivity index (χ0n) is 19.2. The highest BCUT2D eigenvalue weighted by Crippen LogP contribution is 2.25. The molecule has 6 heteroatoms. The average Bonchev–Trinajstić information content (AvgIpc) is 2.82. The monoisotopic (exact) mass is 444 g/mol. The van der Waals surface area contributed by atoms with E-state index in [0.29, 0.717) is 17.5 Å². The summed E-state index contributed by atoms with van der Waals surface area (Å²) >= 11 is 0. The van der Waals surface area contributed by atoms with Crippen molar-refractivity contribution >= 4 is 17.6 Å². The second-order valence-electron chi connectivity index (χ2n) is 8.38. The van der Waals surface area contributed by atoms with Crippen LogP contribution in [0.4, 0.5) is 0 Å². The third-order valence-corrected chi connectivity index (χ3v) is 5.91. The number of benzene rings is 2. The minimum absolute atomic E-state index is 0.0140. The van der Waals surface area contributed by atoms with Crippen LogP contribution in [0.5, 0.6) is 0 Å². The molecule has 0 spiro atoms. The fourth-order valence-corrected chi connectivity index (χ4v) is 3.88. The first kappa shape index (κ1) is 23.9. The lowest BCUT2D eigenvalue weighted by atomic mass is 9.83. The molecule has 170 valence electrons. The van der Waals surface area contributed by atoms with Gasteiger partial charge in [0.1, 0.15) is 12.9 Å². The van der Waals surface area contributed by atoms with E-state index in [0.717, 1.165) is 16.7 Å². The van der Waals surface area contributed by atoms with Gasteiger partial charge in [-0.05, 0) is 35.1 Å². The van der Waals surface area contributed by atoms with Gasteiger partial charge in [-0.15, -0.1) is 0 Å². The number of carbonyl (C=O) groups is 2. The first-order chi connectivity index (χ1) is 15.8. The SMILES string of the molecule is COC(=O)[C@H](Cc1cccc(C(=N)N)c1)[C@@H](C)CC(=O)c1ccc(-c2cc[n+](C)cc2)cc1. The minimum Gasteiger partial charge on any atom is -0.469 e. The molecule has 0 amide bonds. The topological polar surface area (TPSA) is 97.1 Å². The predicted octanol–water partition coefficient (Wildman–Crippen LogP) is 3.70. The number of rotatable bonds is 9. The highest BCUT2D eigenvalue weighted by atomic mass is 16.5. The van der Waals surface area contributed by atoms with Crippen LogP contribution in [0.15, 0.2) is 73.1 Å². The molecule has 0 saturated carbocycles. The predicted molar refractivity (Wildman–Crippen MR) is 128 cm³/mol. The second kappa shape index (κ2) is 10.7. The highest BCUT2D eigenvalue weighted by molar-refractivity contribution is 5.97. The summed E-state index contributed by atoms with van der Waals surface area (Å²) in [6, 6.07) is 18.9. The van der Waals surface area contributed by atoms with Gasteiger partial charge >= 0.3 is 5.97 Å². The Balaban J connectivity index is 1.72. The van der Waals surface area contributed by atoms with E-state index in [2.05, 4.69) is 0 Å². The number of methoxy groups -OCH3 is 1. The Morgan fingerprint density at radius 3 is 2.24 bits per heavy atom. The standard InChI is InChI=1S/C27H30N3O3/c1-18(24(27(32)33-3)17-19-5-4-6-23(16-19)26(28)29)15-25(31)22-9-7-20(8-10-22)21-11-13-30(2)14-12-21/h4-14,16,18,24H,15,17H2,1-3H3,(H3,28,29)/q+1/t18-,24+/m0/s1. The van der Waals surface area contributed by atoms with E-state index in [9.17, 15) is 9.59 Å². The summed E-state index contributed by atoms with van der Waals surface area (Å²) in [7, 11) is 3.33. The molecule has 0 aliphatic carbocycles. The summed E-state index contributed by atoms with van der Waals surface area (Å²) in [6.07, 6.45) is 4.60. The van der Waals surface area contributed by atoms with Gasteiger partial charge in [-0.2, -0.15) is 0 Å². The molecule has 0 saturated heterocycles. The molecule has 2 aromatic carbocycles. The number of aromatic nitrogens is 1. The fraction of sp³-hybridized carbons (Fsp3) is 0.259. The number of aryl methyl sites for hydroxylation is 1. The van der Waals surface area contributed by atoms with Crippen molar-refractivity contribution in [2.45, 2.75) is 19.8 Å². The quantitative estimate of drug-likeness (QED) is 0.173. The van der Waals surface area contributed by atoms with E-state index >= 15 is 0 Å². The van der Waals surface area contributed by atoms with Crippen LogP contribution in [0.2, 0.25) is 0 Å². The Morgan fingerprint density at radius 1 is 1.00 bits per heavy atom. The molecule has 0 radical (unpaired) electrons. The van der Waals surface area contributed by atoms with E-state index in [1.807, 2.05) is 79.5 Å². The van der Waals surface area contributed by atoms with E-state index in [-0.39, 0.29) is 29.9 Å². The molecule has 0 bridgehead atoms. The highest BCUT2D eigenvalue weighted by Gasteiger charge is 2.28. The molecule has 1 heterocycles. The van der Waals surface area contributed by atoms with Crippen molar-refractivity contribution in [3.05, 3.63) is 89.7 Å². The zero-order valence-corrected chi connectivity index (χ0v) is 19.2. The largest absolute Gasteiger partial charge is 0.469 e. The van der Waals surface area contributed by atoms with Crippen LogP contribution in [0.1, 0.15) is 34.8 Å². The van der Waals surface area contributed by atoms with Crippen molar-refractivity contribution in [2.24, 2.45) is 24.6 Å². The van der Waals surface area contributed by atoms with Crippen molar-refractivity contribution in [2.75, 3.05) is 7.11 Å². The Morgan fingerprint density at radius 2 is 1.64 bits per heavy atom. The number of carbonyl (C=O) groups excluding carboxylic acids is 2. The van der Waals surface area contributed by atoms with E-state index < -0.39 is 5.92 Å². The molecule has 2 atom stereocenters. The smallest absolute Gasteiger partial charge is 0.309 e. The fourth-order valence-electron chi connectivity index (χ4n) is 3.88. The summed E-state index contributed by atoms with van der Waals surface area (Å²) < 4.78 is 6.99. The molecular weight excluding hydrogens is 414 g/mol. The molecule has 0 aliphatic heterocycles. The third-order valence-electron chi connectivity index (χ3n) is 5.91. The zero-order chi connectivity index (χ0) is 24.0. The number of nitrogens with two attached hydrogens (primary N) is 1. The summed E-state index contributed by atoms with van der Waals surface area (Å²) in [5.41, 5.74) is 9.81. The second-order valence-corrected chi connectivity index (χ2v) is 8.38. The van der Waals surface area contributed by atoms with Gasteiger partial charge in [0, 0.05) is 29.7 Å². The number of amidine groups is 1. The Labute approximate surface area is 194 Å². The van der Waals surface area contributed by atoms with Crippen LogP contribution >= 0.6 is 0 Å². The normalized spacial score (nSPS) is 12.6. The maximum atomic E-state index is 13.0. The molecule has 3 rings (SSSR count). The average molecular weight is 445 g/mol. The van der Waals surface area contributed by atoms with Gasteiger partial charge in [0.15, 0.2) is 18.2 Å². The van der Waals surface area contributed by atoms with Crippen molar-refractivity contribution in [3.8, 4) is 11.1 Å². The van der Waals surface area contributed by atoms with Crippen molar-refractivity contribution in [1.82, 2.24) is 0 Å². The number of esters is 1. The van der Waals surface area contributed by atoms with Gasteiger partial charge in [-0.25, -0.2) is 4.57 Å². The molecule has 0 aliphatic rings. The number of ether oxygens (including phenoxy) is 1. The molecule has 0 fully saturated rings. The summed E-state index contributed by atoms with van der Waals surface area (Å²) in [5.74, 6) is -1.09. The number of pyridine rings is 1. The minimum atomic E-state index is -0.481. The van der Waals surface area contributed by atoms with Crippen LogP contribution < -0.4 is 10.3 Å². The molecule has 1 aromatic heterocycles. The van der Waals surface area contributed by atoms with Crippen LogP contribution in [0.3, 0.4) is 0 Å². The number of nitrogen functional groups attached to an aromatic ring is 1. The van der Waals surface area contributed by atoms with Crippen LogP contribution in [0.25, 0.3) is 11.1 Å². The van der Waals surface area contributed by atoms with Crippen LogP contribution in [-0.2, 0) is 23.0 Å². The Kier molecular flexibility index (Phi) is 7.72. The number of hydrogen-bond acceptors (Lipinski definition) is 4. The van der Waals surface area contributed by atoms with Crippen molar-refractivity contribution in [1.29, 1.82) is 5.41 Å². The van der Waals surface area contributed by atoms with Crippen LogP contribution in [0, 0.1) is 17.2 Å². The lowest BCUT2D eigenvalue weighted by Crippen LogP contribution is -2.27. The van der Waals surface area contributed by atoms with Gasteiger partial charge < -0.3 is 10.5 Å². The van der Waals surface area contributed by atoms with Crippen molar-refractivity contribution < 1.29 is 18.9 Å². The summed E-state index contributed by atoms with van der Waals surface area (Å²) in [4.78, 5) is 25.5. The first-order valence-corrected chi connectivity index (χ1v) is 10.9. The lowest BCUT2D eigenvalue weighted by Gasteiger charge is -2.22. The van der Waals surface area contributed by atoms with Crippen LogP contribution in [-0.4, -0.2) is 24.7 Å². The first-order valence-electron chi connectivity index (χ1n) is 10.9. The van der Waals surface area contributed by atoms with Gasteiger partial charge in [0.05, 0.1) is 13.0 Å². The van der Waals surface area contributed by atoms with Gasteiger partial charge in [-0.3, -0.25) is 15.0 Å². The maximum Gasteiger partial charge on any atom is 0.309 e. The lowest BCUT2D eigenvalue weighted by molar-refractivity contribution is -0.671. The van der Waals surface area contributed by atoms with Crippen molar-refractivity contribution in [3.63, 3.8) is 0 Å². The van der Waals surface area contributed by atoms with Gasteiger partial charge in [-0.1, -0.05) is 49.4 Å². The Bertz CT molecular complexity index is 1140. The third kappa shape index (κ3) is 6.13. The number of Topliss-reactive ketones (excluding diaryl/α,β-unsaturated/α-hetero) is 1. The molecule has 3 N–H and O–H groups in total. The number of nitrogens with one attached hydrogen (secondary N) is 1. The van der Waals surface area contributed by atoms with E-state index in [1.165, 1.54) is 7.11 Å². The van der Waals surface area contributed by atoms with E-state index in [4.69, 9.17) is 15.9 Å². The maximum absolute atomic E-state index is 13.0. The summed E-state index contributed by atoms with van der Waals surface area (Å²) in [6.45, 7) is 1.90. The molecule has 0 unspecified atom stereocenters. The molecule has 33 heavy (non-hydrogen) atoms. The van der Waals surface area contributed by atoms with E-state index in [1.54, 1.807) is 12.1 Å². The summed E-state index contributed by atoms with van der Waals surface area (Å²) in [5, 5.41) is 7.63. The Hall–Kier alpha value is -3.80.